The molecule has 0 bridgehead atoms. The summed E-state index contributed by atoms with van der Waals surface area (Å²) in [7, 11) is 0. The summed E-state index contributed by atoms with van der Waals surface area (Å²) in [6, 6.07) is 5.68. The largest absolute Gasteiger partial charge is 0.481 e. The molecule has 16 heavy (non-hydrogen) atoms. The molecule has 0 aliphatic heterocycles. The van der Waals surface area contributed by atoms with E-state index in [9.17, 15) is 4.79 Å². The quantitative estimate of drug-likeness (QED) is 0.941. The van der Waals surface area contributed by atoms with Crippen molar-refractivity contribution in [3.63, 3.8) is 0 Å². The van der Waals surface area contributed by atoms with Crippen molar-refractivity contribution in [2.75, 3.05) is 0 Å². The Morgan fingerprint density at radius 2 is 2.31 bits per heavy atom. The molecule has 5 heteroatoms. The summed E-state index contributed by atoms with van der Waals surface area (Å²) in [5.41, 5.74) is 1.57. The van der Waals surface area contributed by atoms with Crippen LogP contribution in [0, 0.1) is 0 Å². The highest BCUT2D eigenvalue weighted by molar-refractivity contribution is 9.10. The first-order chi connectivity index (χ1) is 7.63. The number of fused-ring (bicyclic) bond motifs is 1. The molecule has 1 heterocycles. The van der Waals surface area contributed by atoms with Crippen LogP contribution in [0.1, 0.15) is 12.6 Å². The minimum Gasteiger partial charge on any atom is -0.481 e. The van der Waals surface area contributed by atoms with Gasteiger partial charge < -0.3 is 5.11 Å². The third-order valence-corrected chi connectivity index (χ3v) is 3.10. The molecule has 0 amide bonds. The van der Waals surface area contributed by atoms with Crippen molar-refractivity contribution in [1.29, 1.82) is 0 Å². The molecular formula is C11H11BrN2O2. The van der Waals surface area contributed by atoms with Gasteiger partial charge in [-0.15, -0.1) is 0 Å². The minimum atomic E-state index is -0.841. The van der Waals surface area contributed by atoms with E-state index in [4.69, 9.17) is 5.11 Å². The van der Waals surface area contributed by atoms with Crippen LogP contribution in [0.25, 0.3) is 10.9 Å². The number of carbonyl (C=O) groups is 1. The molecular weight excluding hydrogens is 272 g/mol. The Morgan fingerprint density at radius 3 is 2.94 bits per heavy atom. The van der Waals surface area contributed by atoms with Crippen molar-refractivity contribution in [2.45, 2.75) is 19.9 Å². The van der Waals surface area contributed by atoms with E-state index in [2.05, 4.69) is 21.0 Å². The van der Waals surface area contributed by atoms with E-state index in [1.54, 1.807) is 4.68 Å². The Hall–Kier alpha value is -1.36. The third-order valence-electron chi connectivity index (χ3n) is 2.44. The van der Waals surface area contributed by atoms with Gasteiger partial charge in [0.25, 0.3) is 0 Å². The Morgan fingerprint density at radius 1 is 1.56 bits per heavy atom. The number of aryl methyl sites for hydroxylation is 1. The summed E-state index contributed by atoms with van der Waals surface area (Å²) in [6.45, 7) is 2.62. The Balaban J connectivity index is 2.70. The average Bonchev–Trinajstić information content (AvgIpc) is 2.57. The number of halogens is 1. The molecule has 0 aliphatic rings. The summed E-state index contributed by atoms with van der Waals surface area (Å²) in [4.78, 5) is 10.8. The van der Waals surface area contributed by atoms with Gasteiger partial charge in [0.1, 0.15) is 0 Å². The number of carboxylic acids is 1. The summed E-state index contributed by atoms with van der Waals surface area (Å²) >= 11 is 3.43. The van der Waals surface area contributed by atoms with Crippen LogP contribution in [0.5, 0.6) is 0 Å². The van der Waals surface area contributed by atoms with Crippen LogP contribution in [0.3, 0.4) is 0 Å². The Bertz CT molecular complexity index is 548. The van der Waals surface area contributed by atoms with Gasteiger partial charge in [0.05, 0.1) is 17.6 Å². The summed E-state index contributed by atoms with van der Waals surface area (Å²) in [6.07, 6.45) is -0.00699. The molecule has 0 spiro atoms. The average molecular weight is 283 g/mol. The zero-order chi connectivity index (χ0) is 11.7. The number of hydrogen-bond donors (Lipinski definition) is 1. The number of aliphatic carboxylic acids is 1. The number of hydrogen-bond acceptors (Lipinski definition) is 2. The van der Waals surface area contributed by atoms with Gasteiger partial charge in [0, 0.05) is 16.4 Å². The molecule has 2 rings (SSSR count). The van der Waals surface area contributed by atoms with Gasteiger partial charge in [-0.25, -0.2) is 0 Å². The predicted octanol–water partition coefficient (Wildman–Crippen LogP) is 2.45. The van der Waals surface area contributed by atoms with E-state index in [1.807, 2.05) is 25.1 Å². The molecule has 84 valence electrons. The van der Waals surface area contributed by atoms with E-state index in [0.29, 0.717) is 6.54 Å². The molecule has 2 aromatic rings. The topological polar surface area (TPSA) is 55.1 Å². The molecule has 0 saturated heterocycles. The maximum absolute atomic E-state index is 10.8. The van der Waals surface area contributed by atoms with Gasteiger partial charge in [0.15, 0.2) is 0 Å². The zero-order valence-electron chi connectivity index (χ0n) is 8.77. The van der Waals surface area contributed by atoms with Crippen LogP contribution in [-0.4, -0.2) is 20.9 Å². The van der Waals surface area contributed by atoms with Crippen LogP contribution in [-0.2, 0) is 17.8 Å². The highest BCUT2D eigenvalue weighted by atomic mass is 79.9. The van der Waals surface area contributed by atoms with Gasteiger partial charge >= 0.3 is 5.97 Å². The number of rotatable bonds is 3. The highest BCUT2D eigenvalue weighted by Crippen LogP contribution is 2.27. The lowest BCUT2D eigenvalue weighted by Crippen LogP contribution is -2.08. The molecule has 0 atom stereocenters. The summed E-state index contributed by atoms with van der Waals surface area (Å²) < 4.78 is 2.63. The van der Waals surface area contributed by atoms with Crippen LogP contribution in [0.2, 0.25) is 0 Å². The van der Waals surface area contributed by atoms with Crippen molar-refractivity contribution in [3.8, 4) is 0 Å². The van der Waals surface area contributed by atoms with Crippen molar-refractivity contribution in [1.82, 2.24) is 9.78 Å². The molecule has 1 N–H and O–H groups in total. The molecule has 0 fully saturated rings. The fourth-order valence-electron chi connectivity index (χ4n) is 1.79. The second-order valence-corrected chi connectivity index (χ2v) is 4.32. The molecule has 1 aromatic carbocycles. The molecule has 4 nitrogen and oxygen atoms in total. The predicted molar refractivity (Wildman–Crippen MR) is 64.4 cm³/mol. The highest BCUT2D eigenvalue weighted by Gasteiger charge is 2.15. The fraction of sp³-hybridized carbons (Fsp3) is 0.273. The summed E-state index contributed by atoms with van der Waals surface area (Å²) in [5.74, 6) is -0.841. The lowest BCUT2D eigenvalue weighted by molar-refractivity contribution is -0.136. The van der Waals surface area contributed by atoms with Crippen molar-refractivity contribution >= 4 is 32.8 Å². The molecule has 1 aromatic heterocycles. The maximum Gasteiger partial charge on any atom is 0.309 e. The monoisotopic (exact) mass is 282 g/mol. The minimum absolute atomic E-state index is 0.00699. The Kier molecular flexibility index (Phi) is 2.96. The zero-order valence-corrected chi connectivity index (χ0v) is 10.4. The Labute approximate surface area is 101 Å². The normalized spacial score (nSPS) is 10.9. The van der Waals surface area contributed by atoms with Gasteiger partial charge in [-0.1, -0.05) is 22.0 Å². The van der Waals surface area contributed by atoms with E-state index < -0.39 is 5.97 Å². The number of carboxylic acid groups (broad SMARTS) is 1. The van der Waals surface area contributed by atoms with E-state index in [0.717, 1.165) is 21.1 Å². The van der Waals surface area contributed by atoms with Gasteiger partial charge in [0.2, 0.25) is 0 Å². The lowest BCUT2D eigenvalue weighted by atomic mass is 10.1. The SMILES string of the molecule is CCn1nc2cccc(Br)c2c1CC(=O)O. The molecule has 0 saturated carbocycles. The number of benzene rings is 1. The number of aromatic nitrogens is 2. The second kappa shape index (κ2) is 4.25. The first-order valence-electron chi connectivity index (χ1n) is 4.99. The van der Waals surface area contributed by atoms with Gasteiger partial charge in [-0.2, -0.15) is 5.10 Å². The smallest absolute Gasteiger partial charge is 0.309 e. The first kappa shape index (κ1) is 11.1. The van der Waals surface area contributed by atoms with E-state index in [1.165, 1.54) is 0 Å². The van der Waals surface area contributed by atoms with Crippen molar-refractivity contribution in [2.24, 2.45) is 0 Å². The van der Waals surface area contributed by atoms with Crippen molar-refractivity contribution < 1.29 is 9.90 Å². The van der Waals surface area contributed by atoms with Gasteiger partial charge in [-0.05, 0) is 19.1 Å². The third kappa shape index (κ3) is 1.82. The first-order valence-corrected chi connectivity index (χ1v) is 5.78. The summed E-state index contributed by atoms with van der Waals surface area (Å²) in [5, 5.41) is 14.2. The van der Waals surface area contributed by atoms with E-state index in [-0.39, 0.29) is 6.42 Å². The fourth-order valence-corrected chi connectivity index (χ4v) is 2.37. The molecule has 0 unspecified atom stereocenters. The molecule has 0 radical (unpaired) electrons. The van der Waals surface area contributed by atoms with Crippen LogP contribution in [0.15, 0.2) is 22.7 Å². The van der Waals surface area contributed by atoms with Crippen LogP contribution in [0.4, 0.5) is 0 Å². The molecule has 0 aliphatic carbocycles. The number of nitrogens with zero attached hydrogens (tertiary/aromatic N) is 2. The van der Waals surface area contributed by atoms with Crippen LogP contribution >= 0.6 is 15.9 Å². The van der Waals surface area contributed by atoms with E-state index >= 15 is 0 Å². The van der Waals surface area contributed by atoms with Crippen LogP contribution < -0.4 is 0 Å². The van der Waals surface area contributed by atoms with Gasteiger partial charge in [-0.3, -0.25) is 9.48 Å². The standard InChI is InChI=1S/C11H11BrN2O2/c1-2-14-9(6-10(15)16)11-7(12)4-3-5-8(11)13-14/h3-5H,2,6H2,1H3,(H,15,16). The lowest BCUT2D eigenvalue weighted by Gasteiger charge is -2.02. The second-order valence-electron chi connectivity index (χ2n) is 3.47. The maximum atomic E-state index is 10.8. The van der Waals surface area contributed by atoms with Crippen molar-refractivity contribution in [3.05, 3.63) is 28.4 Å².